The number of hydrogen-bond acceptors (Lipinski definition) is 5. The van der Waals surface area contributed by atoms with E-state index in [0.717, 1.165) is 18.7 Å². The van der Waals surface area contributed by atoms with Crippen molar-refractivity contribution in [2.45, 2.75) is 32.7 Å². The zero-order valence-corrected chi connectivity index (χ0v) is 13.9. The molecule has 0 unspecified atom stereocenters. The number of nitrogens with one attached hydrogen (secondary N) is 2. The molecule has 0 aliphatic carbocycles. The molecule has 0 saturated heterocycles. The quantitative estimate of drug-likeness (QED) is 0.627. The summed E-state index contributed by atoms with van der Waals surface area (Å²) in [5.41, 5.74) is 2.67. The molecule has 1 heterocycles. The first kappa shape index (κ1) is 17.5. The molecular formula is C12H24N4O2S2. The van der Waals surface area contributed by atoms with E-state index in [1.165, 1.54) is 15.6 Å². The fraction of sp³-hybridized carbons (Fsp3) is 0.750. The molecule has 1 aromatic rings. The second-order valence-electron chi connectivity index (χ2n) is 4.91. The predicted octanol–water partition coefficient (Wildman–Crippen LogP) is 0.840. The number of rotatable bonds is 10. The summed E-state index contributed by atoms with van der Waals surface area (Å²) in [5.74, 6) is 0. The van der Waals surface area contributed by atoms with Crippen LogP contribution in [0.1, 0.15) is 26.0 Å². The largest absolute Gasteiger partial charge is 0.314 e. The number of aromatic nitrogens is 1. The first-order valence-corrected chi connectivity index (χ1v) is 9.11. The van der Waals surface area contributed by atoms with Gasteiger partial charge in [0.1, 0.15) is 0 Å². The van der Waals surface area contributed by atoms with Crippen LogP contribution in [0.4, 0.5) is 0 Å². The van der Waals surface area contributed by atoms with Gasteiger partial charge in [0.05, 0.1) is 11.2 Å². The lowest BCUT2D eigenvalue weighted by molar-refractivity contribution is 0.439. The van der Waals surface area contributed by atoms with E-state index in [0.29, 0.717) is 25.6 Å². The average Bonchev–Trinajstić information content (AvgIpc) is 2.87. The summed E-state index contributed by atoms with van der Waals surface area (Å²) >= 11 is 1.51. The van der Waals surface area contributed by atoms with Gasteiger partial charge in [-0.2, -0.15) is 12.7 Å². The zero-order valence-electron chi connectivity index (χ0n) is 12.3. The van der Waals surface area contributed by atoms with E-state index in [-0.39, 0.29) is 0 Å². The fourth-order valence-electron chi connectivity index (χ4n) is 1.59. The van der Waals surface area contributed by atoms with Gasteiger partial charge in [-0.05, 0) is 13.0 Å². The SMILES string of the molecule is CC(C)NCCCN(C)S(=O)(=O)NCCc1cscn1. The molecule has 1 rings (SSSR count). The molecule has 0 aliphatic heterocycles. The minimum Gasteiger partial charge on any atom is -0.314 e. The van der Waals surface area contributed by atoms with E-state index < -0.39 is 10.2 Å². The fourth-order valence-corrected chi connectivity index (χ4v) is 3.13. The van der Waals surface area contributed by atoms with E-state index >= 15 is 0 Å². The summed E-state index contributed by atoms with van der Waals surface area (Å²) in [5, 5.41) is 5.19. The number of thiazole rings is 1. The lowest BCUT2D eigenvalue weighted by Crippen LogP contribution is -2.40. The van der Waals surface area contributed by atoms with E-state index in [1.807, 2.05) is 5.38 Å². The van der Waals surface area contributed by atoms with Crippen LogP contribution in [-0.4, -0.2) is 50.4 Å². The highest BCUT2D eigenvalue weighted by Crippen LogP contribution is 2.02. The van der Waals surface area contributed by atoms with Gasteiger partial charge in [0.2, 0.25) is 0 Å². The van der Waals surface area contributed by atoms with Crippen LogP contribution in [0, 0.1) is 0 Å². The Labute approximate surface area is 125 Å². The van der Waals surface area contributed by atoms with Gasteiger partial charge in [0.15, 0.2) is 0 Å². The average molecular weight is 320 g/mol. The van der Waals surface area contributed by atoms with Crippen molar-refractivity contribution in [3.63, 3.8) is 0 Å². The van der Waals surface area contributed by atoms with Crippen LogP contribution in [0.15, 0.2) is 10.9 Å². The molecule has 0 radical (unpaired) electrons. The first-order chi connectivity index (χ1) is 9.42. The Bertz CT molecular complexity index is 460. The van der Waals surface area contributed by atoms with Crippen molar-refractivity contribution >= 4 is 21.5 Å². The van der Waals surface area contributed by atoms with Crippen LogP contribution in [-0.2, 0) is 16.6 Å². The highest BCUT2D eigenvalue weighted by molar-refractivity contribution is 7.87. The third-order valence-electron chi connectivity index (χ3n) is 2.76. The summed E-state index contributed by atoms with van der Waals surface area (Å²) in [6, 6.07) is 0.424. The highest BCUT2D eigenvalue weighted by Gasteiger charge is 2.16. The maximum atomic E-state index is 12.0. The summed E-state index contributed by atoms with van der Waals surface area (Å²) in [6.07, 6.45) is 1.41. The van der Waals surface area contributed by atoms with E-state index in [4.69, 9.17) is 0 Å². The number of nitrogens with zero attached hydrogens (tertiary/aromatic N) is 2. The lowest BCUT2D eigenvalue weighted by Gasteiger charge is -2.18. The van der Waals surface area contributed by atoms with Crippen LogP contribution < -0.4 is 10.0 Å². The standard InChI is InChI=1S/C12H24N4O2S2/c1-11(2)13-6-4-8-16(3)20(17,18)15-7-5-12-9-19-10-14-12/h9-11,13,15H,4-8H2,1-3H3. The molecule has 0 aliphatic rings. The summed E-state index contributed by atoms with van der Waals surface area (Å²) in [4.78, 5) is 4.12. The lowest BCUT2D eigenvalue weighted by atomic mass is 10.3. The van der Waals surface area contributed by atoms with Crippen molar-refractivity contribution in [1.82, 2.24) is 19.3 Å². The van der Waals surface area contributed by atoms with E-state index in [9.17, 15) is 8.42 Å². The second-order valence-corrected chi connectivity index (χ2v) is 7.49. The van der Waals surface area contributed by atoms with Gasteiger partial charge in [-0.25, -0.2) is 9.71 Å². The summed E-state index contributed by atoms with van der Waals surface area (Å²) < 4.78 is 27.9. The Morgan fingerprint density at radius 3 is 2.75 bits per heavy atom. The van der Waals surface area contributed by atoms with Gasteiger partial charge in [0.25, 0.3) is 10.2 Å². The van der Waals surface area contributed by atoms with Gasteiger partial charge < -0.3 is 5.32 Å². The van der Waals surface area contributed by atoms with Gasteiger partial charge >= 0.3 is 0 Å². The van der Waals surface area contributed by atoms with Crippen LogP contribution in [0.5, 0.6) is 0 Å². The molecule has 0 atom stereocenters. The van der Waals surface area contributed by atoms with Gasteiger partial charge in [-0.1, -0.05) is 13.8 Å². The minimum absolute atomic E-state index is 0.376. The minimum atomic E-state index is -3.38. The van der Waals surface area contributed by atoms with E-state index in [1.54, 1.807) is 12.6 Å². The van der Waals surface area contributed by atoms with Crippen LogP contribution in [0.25, 0.3) is 0 Å². The van der Waals surface area contributed by atoms with Crippen LogP contribution in [0.2, 0.25) is 0 Å². The zero-order chi connectivity index (χ0) is 15.0. The maximum absolute atomic E-state index is 12.0. The van der Waals surface area contributed by atoms with Gasteiger partial charge in [-0.3, -0.25) is 0 Å². The molecule has 0 aromatic carbocycles. The van der Waals surface area contributed by atoms with Crippen LogP contribution in [0.3, 0.4) is 0 Å². The Hall–Kier alpha value is -0.540. The monoisotopic (exact) mass is 320 g/mol. The second kappa shape index (κ2) is 8.68. The summed E-state index contributed by atoms with van der Waals surface area (Å²) in [7, 11) is -1.79. The maximum Gasteiger partial charge on any atom is 0.279 e. The molecule has 8 heteroatoms. The first-order valence-electron chi connectivity index (χ1n) is 6.73. The highest BCUT2D eigenvalue weighted by atomic mass is 32.2. The van der Waals surface area contributed by atoms with Crippen molar-refractivity contribution in [3.8, 4) is 0 Å². The topological polar surface area (TPSA) is 74.3 Å². The number of hydrogen-bond donors (Lipinski definition) is 2. The van der Waals surface area contributed by atoms with E-state index in [2.05, 4.69) is 28.9 Å². The molecule has 0 fully saturated rings. The van der Waals surface area contributed by atoms with Crippen LogP contribution >= 0.6 is 11.3 Å². The third kappa shape index (κ3) is 6.76. The predicted molar refractivity (Wildman–Crippen MR) is 83.1 cm³/mol. The Morgan fingerprint density at radius 1 is 1.40 bits per heavy atom. The van der Waals surface area contributed by atoms with Gasteiger partial charge in [-0.15, -0.1) is 11.3 Å². The van der Waals surface area contributed by atoms with Gasteiger partial charge in [0, 0.05) is 38.0 Å². The Kier molecular flexibility index (Phi) is 7.60. The Morgan fingerprint density at radius 2 is 2.15 bits per heavy atom. The third-order valence-corrected chi connectivity index (χ3v) is 4.97. The molecule has 0 saturated carbocycles. The molecule has 116 valence electrons. The molecule has 0 amide bonds. The molecule has 0 spiro atoms. The molecule has 6 nitrogen and oxygen atoms in total. The molecule has 2 N–H and O–H groups in total. The van der Waals surface area contributed by atoms with Crippen molar-refractivity contribution < 1.29 is 8.42 Å². The van der Waals surface area contributed by atoms with Crippen molar-refractivity contribution in [1.29, 1.82) is 0 Å². The molecule has 20 heavy (non-hydrogen) atoms. The molecule has 1 aromatic heterocycles. The smallest absolute Gasteiger partial charge is 0.279 e. The Balaban J connectivity index is 2.24. The summed E-state index contributed by atoms with van der Waals surface area (Å²) in [6.45, 7) is 5.84. The van der Waals surface area contributed by atoms with Crippen molar-refractivity contribution in [3.05, 3.63) is 16.6 Å². The van der Waals surface area contributed by atoms with Crippen molar-refractivity contribution in [2.24, 2.45) is 0 Å². The normalized spacial score (nSPS) is 12.4. The van der Waals surface area contributed by atoms with Crippen molar-refractivity contribution in [2.75, 3.05) is 26.7 Å². The molecular weight excluding hydrogens is 296 g/mol. The molecule has 0 bridgehead atoms.